The van der Waals surface area contributed by atoms with E-state index in [0.29, 0.717) is 6.54 Å². The Morgan fingerprint density at radius 3 is 2.76 bits per heavy atom. The molecule has 1 unspecified atom stereocenters. The average Bonchev–Trinajstić information content (AvgIpc) is 2.93. The van der Waals surface area contributed by atoms with Gasteiger partial charge >= 0.3 is 6.61 Å². The smallest absolute Gasteiger partial charge is 0.387 e. The Labute approximate surface area is 127 Å². The van der Waals surface area contributed by atoms with Gasteiger partial charge in [0.05, 0.1) is 5.01 Å². The Hall–Kier alpha value is -1.53. The summed E-state index contributed by atoms with van der Waals surface area (Å²) in [4.78, 5) is 5.43. The predicted octanol–water partition coefficient (Wildman–Crippen LogP) is 4.16. The first-order valence-corrected chi connectivity index (χ1v) is 7.62. The minimum absolute atomic E-state index is 0.0906. The Morgan fingerprint density at radius 2 is 2.10 bits per heavy atom. The zero-order chi connectivity index (χ0) is 15.2. The lowest BCUT2D eigenvalue weighted by Crippen LogP contribution is -2.19. The third kappa shape index (κ3) is 4.47. The van der Waals surface area contributed by atoms with Crippen LogP contribution in [-0.4, -0.2) is 11.6 Å². The van der Waals surface area contributed by atoms with Gasteiger partial charge in [-0.05, 0) is 19.4 Å². The van der Waals surface area contributed by atoms with E-state index in [1.165, 1.54) is 0 Å². The molecule has 1 N–H and O–H groups in total. The van der Waals surface area contributed by atoms with Crippen LogP contribution in [0.1, 0.15) is 35.3 Å². The van der Waals surface area contributed by atoms with Crippen molar-refractivity contribution in [1.82, 2.24) is 10.3 Å². The van der Waals surface area contributed by atoms with Crippen LogP contribution in [0.4, 0.5) is 8.78 Å². The van der Waals surface area contributed by atoms with Gasteiger partial charge in [-0.2, -0.15) is 8.78 Å². The average molecular weight is 312 g/mol. The van der Waals surface area contributed by atoms with Gasteiger partial charge in [-0.15, -0.1) is 11.3 Å². The highest BCUT2D eigenvalue weighted by Gasteiger charge is 2.14. The maximum atomic E-state index is 12.4. The summed E-state index contributed by atoms with van der Waals surface area (Å²) in [7, 11) is 0. The van der Waals surface area contributed by atoms with Crippen molar-refractivity contribution in [2.24, 2.45) is 0 Å². The number of aromatic nitrogens is 1. The number of hydrogen-bond acceptors (Lipinski definition) is 4. The van der Waals surface area contributed by atoms with Gasteiger partial charge in [0, 0.05) is 29.2 Å². The van der Waals surface area contributed by atoms with Crippen LogP contribution in [0.15, 0.2) is 30.5 Å². The summed E-state index contributed by atoms with van der Waals surface area (Å²) in [5.74, 6) is 0.214. The lowest BCUT2D eigenvalue weighted by atomic mass is 10.1. The number of para-hydroxylation sites is 1. The quantitative estimate of drug-likeness (QED) is 0.833. The van der Waals surface area contributed by atoms with E-state index in [9.17, 15) is 8.78 Å². The van der Waals surface area contributed by atoms with Crippen LogP contribution in [0.25, 0.3) is 0 Å². The van der Waals surface area contributed by atoms with Crippen molar-refractivity contribution in [1.29, 1.82) is 0 Å². The zero-order valence-corrected chi connectivity index (χ0v) is 12.8. The molecule has 3 nitrogen and oxygen atoms in total. The minimum Gasteiger partial charge on any atom is -0.434 e. The molecule has 1 aromatic carbocycles. The highest BCUT2D eigenvalue weighted by molar-refractivity contribution is 7.11. The monoisotopic (exact) mass is 312 g/mol. The maximum absolute atomic E-state index is 12.4. The molecule has 0 bridgehead atoms. The van der Waals surface area contributed by atoms with Crippen molar-refractivity contribution in [3.05, 3.63) is 45.9 Å². The number of ether oxygens (including phenoxy) is 1. The molecule has 0 aliphatic heterocycles. The summed E-state index contributed by atoms with van der Waals surface area (Å²) in [6.07, 6.45) is 2.77. The molecule has 114 valence electrons. The number of benzene rings is 1. The molecule has 0 fully saturated rings. The van der Waals surface area contributed by atoms with E-state index in [-0.39, 0.29) is 11.8 Å². The minimum atomic E-state index is -2.81. The van der Waals surface area contributed by atoms with Crippen molar-refractivity contribution in [2.45, 2.75) is 39.5 Å². The van der Waals surface area contributed by atoms with E-state index in [0.717, 1.165) is 21.9 Å². The van der Waals surface area contributed by atoms with Gasteiger partial charge in [-0.25, -0.2) is 4.98 Å². The highest BCUT2D eigenvalue weighted by Crippen LogP contribution is 2.26. The van der Waals surface area contributed by atoms with Crippen LogP contribution in [0.3, 0.4) is 0 Å². The number of nitrogens with zero attached hydrogens (tertiary/aromatic N) is 1. The standard InChI is InChI=1S/C15H18F2N2OS/c1-3-14-19-9-11(21-14)8-18-10(2)12-6-4-5-7-13(12)20-15(16)17/h4-7,9-10,15,18H,3,8H2,1-2H3. The lowest BCUT2D eigenvalue weighted by Gasteiger charge is -2.17. The number of alkyl halides is 2. The van der Waals surface area contributed by atoms with Crippen LogP contribution < -0.4 is 10.1 Å². The van der Waals surface area contributed by atoms with Gasteiger partial charge in [0.2, 0.25) is 0 Å². The molecule has 0 radical (unpaired) electrons. The fraction of sp³-hybridized carbons (Fsp3) is 0.400. The first kappa shape index (κ1) is 15.9. The zero-order valence-electron chi connectivity index (χ0n) is 12.0. The molecule has 0 amide bonds. The van der Waals surface area contributed by atoms with E-state index in [1.807, 2.05) is 19.2 Å². The number of nitrogens with one attached hydrogen (secondary N) is 1. The Morgan fingerprint density at radius 1 is 1.33 bits per heavy atom. The van der Waals surface area contributed by atoms with Gasteiger partial charge in [0.1, 0.15) is 5.75 Å². The highest BCUT2D eigenvalue weighted by atomic mass is 32.1. The first-order chi connectivity index (χ1) is 10.1. The van der Waals surface area contributed by atoms with Crippen LogP contribution in [0, 0.1) is 0 Å². The molecular formula is C15H18F2N2OS. The number of hydrogen-bond donors (Lipinski definition) is 1. The third-order valence-corrected chi connectivity index (χ3v) is 4.23. The summed E-state index contributed by atoms with van der Waals surface area (Å²) in [5.41, 5.74) is 0.720. The molecule has 1 heterocycles. The Kier molecular flexibility index (Phi) is 5.64. The number of aryl methyl sites for hydroxylation is 1. The molecule has 1 aromatic heterocycles. The number of thiazole rings is 1. The van der Waals surface area contributed by atoms with Gasteiger partial charge in [0.25, 0.3) is 0 Å². The molecule has 0 aliphatic rings. The van der Waals surface area contributed by atoms with Crippen molar-refractivity contribution in [3.8, 4) is 5.75 Å². The van der Waals surface area contributed by atoms with E-state index in [4.69, 9.17) is 0 Å². The van der Waals surface area contributed by atoms with Gasteiger partial charge < -0.3 is 10.1 Å². The number of rotatable bonds is 7. The fourth-order valence-corrected chi connectivity index (χ4v) is 2.81. The second kappa shape index (κ2) is 7.47. The first-order valence-electron chi connectivity index (χ1n) is 6.80. The van der Waals surface area contributed by atoms with E-state index in [2.05, 4.69) is 22.0 Å². The molecule has 21 heavy (non-hydrogen) atoms. The summed E-state index contributed by atoms with van der Waals surface area (Å²) in [6.45, 7) is 1.83. The summed E-state index contributed by atoms with van der Waals surface area (Å²) in [5, 5.41) is 4.41. The van der Waals surface area contributed by atoms with Gasteiger partial charge in [0.15, 0.2) is 0 Å². The largest absolute Gasteiger partial charge is 0.434 e. The fourth-order valence-electron chi connectivity index (χ4n) is 2.00. The van der Waals surface area contributed by atoms with E-state index in [1.54, 1.807) is 29.5 Å². The summed E-state index contributed by atoms with van der Waals surface area (Å²) < 4.78 is 29.4. The van der Waals surface area contributed by atoms with Crippen molar-refractivity contribution < 1.29 is 13.5 Å². The van der Waals surface area contributed by atoms with Crippen molar-refractivity contribution in [3.63, 3.8) is 0 Å². The normalized spacial score (nSPS) is 12.6. The summed E-state index contributed by atoms with van der Waals surface area (Å²) >= 11 is 1.66. The van der Waals surface area contributed by atoms with Gasteiger partial charge in [-0.3, -0.25) is 0 Å². The second-order valence-corrected chi connectivity index (χ2v) is 5.79. The van der Waals surface area contributed by atoms with Crippen LogP contribution >= 0.6 is 11.3 Å². The van der Waals surface area contributed by atoms with Crippen LogP contribution in [0.2, 0.25) is 0 Å². The number of halogens is 2. The SMILES string of the molecule is CCc1ncc(CNC(C)c2ccccc2OC(F)F)s1. The molecule has 1 atom stereocenters. The molecule has 2 aromatic rings. The topological polar surface area (TPSA) is 34.2 Å². The molecule has 0 spiro atoms. The van der Waals surface area contributed by atoms with Gasteiger partial charge in [-0.1, -0.05) is 25.1 Å². The molecule has 0 saturated heterocycles. The van der Waals surface area contributed by atoms with Crippen LogP contribution in [-0.2, 0) is 13.0 Å². The second-order valence-electron chi connectivity index (χ2n) is 4.59. The molecule has 2 rings (SSSR count). The van der Waals surface area contributed by atoms with Crippen LogP contribution in [0.5, 0.6) is 5.75 Å². The Balaban J connectivity index is 2.01. The molecule has 0 aliphatic carbocycles. The lowest BCUT2D eigenvalue weighted by molar-refractivity contribution is -0.0506. The summed E-state index contributed by atoms with van der Waals surface area (Å²) in [6, 6.07) is 6.76. The molecule has 0 saturated carbocycles. The molecule has 6 heteroatoms. The molecular weight excluding hydrogens is 294 g/mol. The maximum Gasteiger partial charge on any atom is 0.387 e. The van der Waals surface area contributed by atoms with E-state index >= 15 is 0 Å². The Bertz CT molecular complexity index is 574. The third-order valence-electron chi connectivity index (χ3n) is 3.09. The predicted molar refractivity (Wildman–Crippen MR) is 79.8 cm³/mol. The van der Waals surface area contributed by atoms with Crippen molar-refractivity contribution >= 4 is 11.3 Å². The van der Waals surface area contributed by atoms with Crippen molar-refractivity contribution in [2.75, 3.05) is 0 Å². The van der Waals surface area contributed by atoms with E-state index < -0.39 is 6.61 Å².